The number of nitrogens with one attached hydrogen (secondary N) is 2. The number of aromatic amines is 1. The predicted molar refractivity (Wildman–Crippen MR) is 88.0 cm³/mol. The molecule has 9 heteroatoms. The second kappa shape index (κ2) is 5.89. The van der Waals surface area contributed by atoms with E-state index in [4.69, 9.17) is 9.60 Å². The molecule has 1 aliphatic rings. The van der Waals surface area contributed by atoms with Gasteiger partial charge in [-0.2, -0.15) is 4.98 Å². The number of anilines is 1. The molecule has 0 aliphatic carbocycles. The molecule has 0 unspecified atom stereocenters. The van der Waals surface area contributed by atoms with Crippen LogP contribution in [0.1, 0.15) is 28.0 Å². The Balaban J connectivity index is 2.08. The van der Waals surface area contributed by atoms with E-state index < -0.39 is 66.0 Å². The third-order valence-corrected chi connectivity index (χ3v) is 4.47. The molecule has 1 saturated heterocycles. The summed E-state index contributed by atoms with van der Waals surface area (Å²) in [7, 11) is -3.84. The summed E-state index contributed by atoms with van der Waals surface area (Å²) in [5, 5.41) is 2.56. The summed E-state index contributed by atoms with van der Waals surface area (Å²) in [6.45, 7) is -3.91. The SMILES string of the molecule is [2H]C([2H])([2H])c1nc(NC2C([2H])([2H])CN(S(C)(=O)=O)CC2([2H])[2H])nc2[nH]c(=O)ccc12. The summed E-state index contributed by atoms with van der Waals surface area (Å²) in [4.78, 5) is 21.9. The Morgan fingerprint density at radius 2 is 2.13 bits per heavy atom. The van der Waals surface area contributed by atoms with Gasteiger partial charge >= 0.3 is 0 Å². The van der Waals surface area contributed by atoms with Gasteiger partial charge in [-0.15, -0.1) is 0 Å². The lowest BCUT2D eigenvalue weighted by Crippen LogP contribution is -2.42. The molecule has 1 fully saturated rings. The Morgan fingerprint density at radius 3 is 2.78 bits per heavy atom. The largest absolute Gasteiger partial charge is 0.351 e. The molecule has 2 aromatic heterocycles. The molecule has 0 bridgehead atoms. The normalized spacial score (nSPS) is 26.9. The van der Waals surface area contributed by atoms with Crippen LogP contribution in [0.5, 0.6) is 0 Å². The fourth-order valence-corrected chi connectivity index (χ4v) is 2.70. The van der Waals surface area contributed by atoms with Crippen molar-refractivity contribution in [3.05, 3.63) is 28.2 Å². The number of aryl methyl sites for hydroxylation is 1. The van der Waals surface area contributed by atoms with Crippen LogP contribution in [0, 0.1) is 6.85 Å². The minimum absolute atomic E-state index is 0.0677. The Morgan fingerprint density at radius 1 is 1.39 bits per heavy atom. The first-order valence-electron chi connectivity index (χ1n) is 10.1. The molecule has 1 aliphatic heterocycles. The van der Waals surface area contributed by atoms with Crippen molar-refractivity contribution in [2.75, 3.05) is 24.7 Å². The van der Waals surface area contributed by atoms with E-state index in [1.54, 1.807) is 0 Å². The maximum absolute atomic E-state index is 11.8. The van der Waals surface area contributed by atoms with E-state index in [-0.39, 0.29) is 11.0 Å². The fraction of sp³-hybridized carbons (Fsp3) is 0.500. The summed E-state index contributed by atoms with van der Waals surface area (Å²) in [6, 6.07) is 0.773. The Kier molecular flexibility index (Phi) is 2.39. The molecule has 0 amide bonds. The molecule has 23 heavy (non-hydrogen) atoms. The number of fused-ring (bicyclic) bond motifs is 1. The minimum Gasteiger partial charge on any atom is -0.351 e. The van der Waals surface area contributed by atoms with Gasteiger partial charge in [-0.1, -0.05) is 0 Å². The van der Waals surface area contributed by atoms with Crippen LogP contribution in [-0.2, 0) is 10.0 Å². The van der Waals surface area contributed by atoms with Gasteiger partial charge in [0.2, 0.25) is 21.5 Å². The van der Waals surface area contributed by atoms with Gasteiger partial charge in [0.25, 0.3) is 0 Å². The van der Waals surface area contributed by atoms with E-state index in [1.807, 2.05) is 0 Å². The minimum atomic E-state index is -3.84. The molecule has 0 radical (unpaired) electrons. The number of hydrogen-bond donors (Lipinski definition) is 2. The fourth-order valence-electron chi connectivity index (χ4n) is 2.08. The average Bonchev–Trinajstić information content (AvgIpc) is 2.54. The highest BCUT2D eigenvalue weighted by molar-refractivity contribution is 7.88. The molecule has 8 nitrogen and oxygen atoms in total. The third kappa shape index (κ3) is 3.50. The topological polar surface area (TPSA) is 108 Å². The molecule has 0 spiro atoms. The first-order valence-corrected chi connectivity index (χ1v) is 8.49. The van der Waals surface area contributed by atoms with Crippen molar-refractivity contribution in [1.82, 2.24) is 19.3 Å². The zero-order chi connectivity index (χ0) is 22.7. The summed E-state index contributed by atoms with van der Waals surface area (Å²) >= 11 is 0. The zero-order valence-electron chi connectivity index (χ0n) is 19.1. The van der Waals surface area contributed by atoms with Crippen molar-refractivity contribution in [2.45, 2.75) is 25.6 Å². The molecule has 0 aromatic carbocycles. The van der Waals surface area contributed by atoms with Gasteiger partial charge in [-0.25, -0.2) is 17.7 Å². The van der Waals surface area contributed by atoms with Crippen molar-refractivity contribution >= 4 is 27.0 Å². The molecule has 0 atom stereocenters. The maximum atomic E-state index is 11.8. The molecule has 3 rings (SSSR count). The van der Waals surface area contributed by atoms with Gasteiger partial charge in [0, 0.05) is 40.2 Å². The molecule has 3 heterocycles. The van der Waals surface area contributed by atoms with Gasteiger partial charge in [-0.3, -0.25) is 4.79 Å². The van der Waals surface area contributed by atoms with Gasteiger partial charge in [0.1, 0.15) is 5.65 Å². The highest BCUT2D eigenvalue weighted by Gasteiger charge is 2.25. The lowest BCUT2D eigenvalue weighted by atomic mass is 10.1. The molecule has 0 saturated carbocycles. The molecule has 2 N–H and O–H groups in total. The van der Waals surface area contributed by atoms with Crippen LogP contribution in [-0.4, -0.2) is 53.1 Å². The number of H-pyrrole nitrogens is 1. The van der Waals surface area contributed by atoms with E-state index in [0.29, 0.717) is 4.31 Å². The number of rotatable bonds is 3. The lowest BCUT2D eigenvalue weighted by Gasteiger charge is -2.30. The smallest absolute Gasteiger partial charge is 0.249 e. The van der Waals surface area contributed by atoms with Crippen LogP contribution < -0.4 is 10.9 Å². The van der Waals surface area contributed by atoms with Crippen molar-refractivity contribution in [3.63, 3.8) is 0 Å². The summed E-state index contributed by atoms with van der Waals surface area (Å²) < 4.78 is 80.2. The van der Waals surface area contributed by atoms with Crippen LogP contribution >= 0.6 is 0 Å². The van der Waals surface area contributed by atoms with E-state index in [0.717, 1.165) is 12.3 Å². The Bertz CT molecular complexity index is 1130. The van der Waals surface area contributed by atoms with Crippen LogP contribution in [0.25, 0.3) is 11.0 Å². The highest BCUT2D eigenvalue weighted by Crippen LogP contribution is 2.18. The van der Waals surface area contributed by atoms with Gasteiger partial charge in [0.15, 0.2) is 0 Å². The first-order chi connectivity index (χ1) is 13.5. The second-order valence-electron chi connectivity index (χ2n) is 5.00. The monoisotopic (exact) mass is 344 g/mol. The quantitative estimate of drug-likeness (QED) is 0.837. The molecular weight excluding hydrogens is 318 g/mol. The highest BCUT2D eigenvalue weighted by atomic mass is 32.2. The number of sulfonamides is 1. The van der Waals surface area contributed by atoms with Crippen molar-refractivity contribution in [3.8, 4) is 0 Å². The number of hydrogen-bond acceptors (Lipinski definition) is 6. The van der Waals surface area contributed by atoms with Crippen molar-refractivity contribution in [2.24, 2.45) is 0 Å². The number of pyridine rings is 1. The molecule has 124 valence electrons. The van der Waals surface area contributed by atoms with Crippen LogP contribution in [0.3, 0.4) is 0 Å². The number of piperidine rings is 1. The summed E-state index contributed by atoms with van der Waals surface area (Å²) in [6.07, 6.45) is -3.90. The van der Waals surface area contributed by atoms with E-state index in [2.05, 4.69) is 20.3 Å². The van der Waals surface area contributed by atoms with Gasteiger partial charge < -0.3 is 10.3 Å². The van der Waals surface area contributed by atoms with E-state index >= 15 is 0 Å². The van der Waals surface area contributed by atoms with E-state index in [9.17, 15) is 13.2 Å². The molecule has 2 aromatic rings. The molecular formula is C14H19N5O3S. The first kappa shape index (κ1) is 9.33. The summed E-state index contributed by atoms with van der Waals surface area (Å²) in [5.74, 6) is -0.402. The number of nitrogens with zero attached hydrogens (tertiary/aromatic N) is 3. The Labute approximate surface area is 143 Å². The third-order valence-electron chi connectivity index (χ3n) is 3.27. The van der Waals surface area contributed by atoms with Gasteiger partial charge in [-0.05, 0) is 25.7 Å². The van der Waals surface area contributed by atoms with Crippen LogP contribution in [0.2, 0.25) is 0 Å². The van der Waals surface area contributed by atoms with Crippen LogP contribution in [0.15, 0.2) is 16.9 Å². The van der Waals surface area contributed by atoms with E-state index in [1.165, 1.54) is 6.07 Å². The van der Waals surface area contributed by atoms with Crippen molar-refractivity contribution in [1.29, 1.82) is 0 Å². The second-order valence-corrected chi connectivity index (χ2v) is 6.98. The lowest BCUT2D eigenvalue weighted by molar-refractivity contribution is 0.331. The standard InChI is InChI=1S/C14H19N5O3S/c1-9-11-3-4-12(20)17-13(11)18-14(15-9)16-10-5-7-19(8-6-10)23(2,21)22/h3-4,10H,5-8H2,1-2H3,(H2,15,16,17,18,20)/i1D3,5D2,6D2. The summed E-state index contributed by atoms with van der Waals surface area (Å²) in [5.41, 5.74) is -1.06. The zero-order valence-corrected chi connectivity index (χ0v) is 12.9. The number of aromatic nitrogens is 3. The van der Waals surface area contributed by atoms with Crippen LogP contribution in [0.4, 0.5) is 5.95 Å². The van der Waals surface area contributed by atoms with Gasteiger partial charge in [0.05, 0.1) is 11.9 Å². The maximum Gasteiger partial charge on any atom is 0.249 e. The van der Waals surface area contributed by atoms with Crippen molar-refractivity contribution < 1.29 is 18.0 Å². The predicted octanol–water partition coefficient (Wildman–Crippen LogP) is 0.462. The average molecular weight is 344 g/mol. The Hall–Kier alpha value is -2.00.